The zero-order valence-corrected chi connectivity index (χ0v) is 5.96. The summed E-state index contributed by atoms with van der Waals surface area (Å²) >= 11 is 0. The van der Waals surface area contributed by atoms with E-state index >= 15 is 0 Å². The van der Waals surface area contributed by atoms with Crippen LogP contribution in [0.3, 0.4) is 0 Å². The summed E-state index contributed by atoms with van der Waals surface area (Å²) in [5, 5.41) is 10.1. The van der Waals surface area contributed by atoms with Crippen molar-refractivity contribution < 1.29 is 0 Å². The van der Waals surface area contributed by atoms with Crippen LogP contribution in [0, 0.1) is 5.41 Å². The lowest BCUT2D eigenvalue weighted by atomic mass is 10.1. The molecule has 0 aromatic rings. The molecular formula is C7H11N3. The molecule has 0 heterocycles. The maximum Gasteiger partial charge on any atom is 0.0468 e. The molecule has 0 rings (SSSR count). The average molecular weight is 137 g/mol. The molecule has 0 aliphatic carbocycles. The highest BCUT2D eigenvalue weighted by molar-refractivity contribution is 5.84. The Hall–Kier alpha value is -1.38. The van der Waals surface area contributed by atoms with Crippen molar-refractivity contribution in [3.63, 3.8) is 0 Å². The van der Waals surface area contributed by atoms with Gasteiger partial charge in [-0.2, -0.15) is 5.10 Å². The van der Waals surface area contributed by atoms with Crippen LogP contribution in [-0.2, 0) is 0 Å². The van der Waals surface area contributed by atoms with Crippen LogP contribution in [0.25, 0.3) is 0 Å². The number of nitrogens with two attached hydrogens (primary N) is 1. The molecule has 0 atom stereocenters. The van der Waals surface area contributed by atoms with Crippen LogP contribution in [0.15, 0.2) is 28.9 Å². The zero-order chi connectivity index (χ0) is 7.98. The van der Waals surface area contributed by atoms with Crippen LogP contribution >= 0.6 is 0 Å². The summed E-state index contributed by atoms with van der Waals surface area (Å²) in [6.45, 7) is 5.45. The Bertz CT molecular complexity index is 189. The molecule has 54 valence electrons. The van der Waals surface area contributed by atoms with Crippen molar-refractivity contribution in [3.05, 3.63) is 23.8 Å². The van der Waals surface area contributed by atoms with Gasteiger partial charge in [-0.15, -0.1) is 0 Å². The fraction of sp³-hybridized carbons (Fsp3) is 0.143. The van der Waals surface area contributed by atoms with Crippen molar-refractivity contribution in [3.8, 4) is 0 Å². The summed E-state index contributed by atoms with van der Waals surface area (Å²) in [5.74, 6) is 4.86. The first-order valence-electron chi connectivity index (χ1n) is 2.82. The molecule has 0 aromatic carbocycles. The van der Waals surface area contributed by atoms with Gasteiger partial charge < -0.3 is 11.3 Å². The van der Waals surface area contributed by atoms with Crippen LogP contribution in [0.2, 0.25) is 0 Å². The Morgan fingerprint density at radius 1 is 1.70 bits per heavy atom. The Kier molecular flexibility index (Phi) is 3.87. The van der Waals surface area contributed by atoms with Gasteiger partial charge in [0.2, 0.25) is 0 Å². The summed E-state index contributed by atoms with van der Waals surface area (Å²) in [6, 6.07) is 0. The SMILES string of the molecule is C=C(C=N)/C(C)=C\C=N/N. The van der Waals surface area contributed by atoms with Gasteiger partial charge in [-0.1, -0.05) is 6.58 Å². The minimum atomic E-state index is 0.667. The number of hydrazone groups is 1. The summed E-state index contributed by atoms with van der Waals surface area (Å²) < 4.78 is 0. The van der Waals surface area contributed by atoms with Gasteiger partial charge in [-0.05, 0) is 24.1 Å². The second-order valence-corrected chi connectivity index (χ2v) is 1.82. The molecule has 10 heavy (non-hydrogen) atoms. The lowest BCUT2D eigenvalue weighted by Gasteiger charge is -1.93. The molecule has 0 saturated carbocycles. The van der Waals surface area contributed by atoms with E-state index in [-0.39, 0.29) is 0 Å². The van der Waals surface area contributed by atoms with Crippen LogP contribution < -0.4 is 5.84 Å². The van der Waals surface area contributed by atoms with E-state index in [0.29, 0.717) is 5.57 Å². The zero-order valence-electron chi connectivity index (χ0n) is 5.96. The Balaban J connectivity index is 4.18. The first-order valence-corrected chi connectivity index (χ1v) is 2.82. The molecule has 3 heteroatoms. The molecule has 0 unspecified atom stereocenters. The number of hydrogen-bond acceptors (Lipinski definition) is 3. The average Bonchev–Trinajstić information content (AvgIpc) is 1.98. The third kappa shape index (κ3) is 2.81. The molecule has 3 N–H and O–H groups in total. The highest BCUT2D eigenvalue weighted by atomic mass is 15.1. The monoisotopic (exact) mass is 137 g/mol. The number of allylic oxidation sites excluding steroid dienone is 3. The van der Waals surface area contributed by atoms with Gasteiger partial charge in [0, 0.05) is 12.4 Å². The van der Waals surface area contributed by atoms with Gasteiger partial charge in [0.25, 0.3) is 0 Å². The number of hydrogen-bond donors (Lipinski definition) is 2. The van der Waals surface area contributed by atoms with Gasteiger partial charge in [-0.25, -0.2) is 0 Å². The van der Waals surface area contributed by atoms with Crippen molar-refractivity contribution in [2.45, 2.75) is 6.92 Å². The highest BCUT2D eigenvalue weighted by Crippen LogP contribution is 2.00. The molecule has 0 aromatic heterocycles. The van der Waals surface area contributed by atoms with E-state index in [1.54, 1.807) is 6.08 Å². The van der Waals surface area contributed by atoms with Crippen LogP contribution in [0.4, 0.5) is 0 Å². The molecule has 0 saturated heterocycles. The van der Waals surface area contributed by atoms with Crippen molar-refractivity contribution in [2.24, 2.45) is 10.9 Å². The van der Waals surface area contributed by atoms with E-state index in [2.05, 4.69) is 11.7 Å². The van der Waals surface area contributed by atoms with Crippen molar-refractivity contribution in [1.82, 2.24) is 0 Å². The summed E-state index contributed by atoms with van der Waals surface area (Å²) in [7, 11) is 0. The first kappa shape index (κ1) is 8.62. The number of nitrogens with one attached hydrogen (secondary N) is 1. The van der Waals surface area contributed by atoms with Gasteiger partial charge in [0.1, 0.15) is 0 Å². The van der Waals surface area contributed by atoms with E-state index in [1.807, 2.05) is 6.92 Å². The molecule has 0 aliphatic heterocycles. The van der Waals surface area contributed by atoms with E-state index in [4.69, 9.17) is 11.3 Å². The minimum Gasteiger partial charge on any atom is -0.323 e. The Labute approximate surface area is 60.4 Å². The van der Waals surface area contributed by atoms with E-state index in [9.17, 15) is 0 Å². The van der Waals surface area contributed by atoms with E-state index < -0.39 is 0 Å². The van der Waals surface area contributed by atoms with Crippen LogP contribution in [0.5, 0.6) is 0 Å². The standard InChI is InChI=1S/C7H11N3/c1-6(3-4-10-9)7(2)5-8/h3-5,8H,2,9H2,1H3/b6-3-,8-5?,10-4-. The van der Waals surface area contributed by atoms with E-state index in [0.717, 1.165) is 5.57 Å². The second kappa shape index (κ2) is 4.49. The third-order valence-electron chi connectivity index (χ3n) is 1.09. The van der Waals surface area contributed by atoms with Crippen molar-refractivity contribution >= 4 is 12.4 Å². The maximum atomic E-state index is 6.83. The van der Waals surface area contributed by atoms with Gasteiger partial charge in [0.05, 0.1) is 0 Å². The van der Waals surface area contributed by atoms with Crippen LogP contribution in [-0.4, -0.2) is 12.4 Å². The summed E-state index contributed by atoms with van der Waals surface area (Å²) in [6.07, 6.45) is 4.35. The molecule has 0 amide bonds. The second-order valence-electron chi connectivity index (χ2n) is 1.82. The normalized spacial score (nSPS) is 11.9. The third-order valence-corrected chi connectivity index (χ3v) is 1.09. The molecule has 0 bridgehead atoms. The number of rotatable bonds is 3. The Morgan fingerprint density at radius 3 is 2.70 bits per heavy atom. The molecule has 0 radical (unpaired) electrons. The quantitative estimate of drug-likeness (QED) is 0.260. The van der Waals surface area contributed by atoms with E-state index in [1.165, 1.54) is 12.4 Å². The summed E-state index contributed by atoms with van der Waals surface area (Å²) in [4.78, 5) is 0. The predicted octanol–water partition coefficient (Wildman–Crippen LogP) is 1.08. The molecule has 3 nitrogen and oxygen atoms in total. The molecule has 0 spiro atoms. The minimum absolute atomic E-state index is 0.667. The van der Waals surface area contributed by atoms with Crippen LogP contribution in [0.1, 0.15) is 6.92 Å². The van der Waals surface area contributed by atoms with Crippen molar-refractivity contribution in [1.29, 1.82) is 5.41 Å². The smallest absolute Gasteiger partial charge is 0.0468 e. The predicted molar refractivity (Wildman–Crippen MR) is 44.4 cm³/mol. The highest BCUT2D eigenvalue weighted by Gasteiger charge is 1.88. The van der Waals surface area contributed by atoms with Gasteiger partial charge >= 0.3 is 0 Å². The van der Waals surface area contributed by atoms with Gasteiger partial charge in [0.15, 0.2) is 0 Å². The topological polar surface area (TPSA) is 62.2 Å². The Morgan fingerprint density at radius 2 is 2.30 bits per heavy atom. The largest absolute Gasteiger partial charge is 0.323 e. The lowest BCUT2D eigenvalue weighted by molar-refractivity contribution is 1.27. The lowest BCUT2D eigenvalue weighted by Crippen LogP contribution is -1.85. The first-order chi connectivity index (χ1) is 4.72. The molecular weight excluding hydrogens is 126 g/mol. The number of nitrogens with zero attached hydrogens (tertiary/aromatic N) is 1. The van der Waals surface area contributed by atoms with Gasteiger partial charge in [-0.3, -0.25) is 0 Å². The molecule has 0 fully saturated rings. The van der Waals surface area contributed by atoms with Crippen molar-refractivity contribution in [2.75, 3.05) is 0 Å². The maximum absolute atomic E-state index is 6.83. The fourth-order valence-corrected chi connectivity index (χ4v) is 0.376. The summed E-state index contributed by atoms with van der Waals surface area (Å²) in [5.41, 5.74) is 1.56. The molecule has 0 aliphatic rings. The fourth-order valence-electron chi connectivity index (χ4n) is 0.376.